The van der Waals surface area contributed by atoms with Crippen molar-refractivity contribution < 1.29 is 9.53 Å². The summed E-state index contributed by atoms with van der Waals surface area (Å²) in [6.45, 7) is 2.26. The van der Waals surface area contributed by atoms with Crippen molar-refractivity contribution in [3.8, 4) is 0 Å². The number of ether oxygens (including phenoxy) is 1. The molecule has 1 atom stereocenters. The number of halogens is 1. The minimum atomic E-state index is -0.160. The van der Waals surface area contributed by atoms with Crippen LogP contribution in [-0.4, -0.2) is 18.6 Å². The fourth-order valence-corrected chi connectivity index (χ4v) is 1.10. The summed E-state index contributed by atoms with van der Waals surface area (Å²) >= 11 is 0. The molecule has 0 aromatic heterocycles. The molecule has 0 aliphatic heterocycles. The van der Waals surface area contributed by atoms with Gasteiger partial charge >= 0.3 is 5.97 Å². The van der Waals surface area contributed by atoms with E-state index in [4.69, 9.17) is 10.5 Å². The molecule has 0 saturated heterocycles. The van der Waals surface area contributed by atoms with Crippen LogP contribution < -0.4 is 5.73 Å². The maximum Gasteiger partial charge on any atom is 0.307 e. The van der Waals surface area contributed by atoms with E-state index < -0.39 is 0 Å². The van der Waals surface area contributed by atoms with Gasteiger partial charge in [-0.2, -0.15) is 0 Å². The Morgan fingerprint density at radius 1 is 1.67 bits per heavy atom. The molecule has 0 aromatic rings. The van der Waals surface area contributed by atoms with Crippen molar-refractivity contribution in [2.24, 2.45) is 11.7 Å². The average Bonchev–Trinajstić information content (AvgIpc) is 2.67. The van der Waals surface area contributed by atoms with Crippen molar-refractivity contribution in [2.45, 2.75) is 32.2 Å². The van der Waals surface area contributed by atoms with Crippen molar-refractivity contribution in [2.75, 3.05) is 6.61 Å². The summed E-state index contributed by atoms with van der Waals surface area (Å²) in [7, 11) is 0. The molecule has 0 aromatic carbocycles. The van der Waals surface area contributed by atoms with E-state index >= 15 is 0 Å². The summed E-state index contributed by atoms with van der Waals surface area (Å²) in [5.74, 6) is 0.423. The first kappa shape index (κ1) is 11.7. The van der Waals surface area contributed by atoms with Gasteiger partial charge in [-0.05, 0) is 25.7 Å². The zero-order chi connectivity index (χ0) is 8.27. The lowest BCUT2D eigenvalue weighted by Gasteiger charge is -2.08. The lowest BCUT2D eigenvalue weighted by molar-refractivity contribution is -0.143. The molecular formula is C8H16ClNO2. The lowest BCUT2D eigenvalue weighted by Crippen LogP contribution is -2.26. The van der Waals surface area contributed by atoms with Crippen LogP contribution in [-0.2, 0) is 9.53 Å². The molecule has 72 valence electrons. The predicted molar refractivity (Wildman–Crippen MR) is 49.2 cm³/mol. The van der Waals surface area contributed by atoms with E-state index in [0.717, 1.165) is 0 Å². The third kappa shape index (κ3) is 3.93. The molecule has 0 amide bonds. The summed E-state index contributed by atoms with van der Waals surface area (Å²) in [5.41, 5.74) is 5.71. The van der Waals surface area contributed by atoms with E-state index in [1.807, 2.05) is 0 Å². The number of esters is 1. The zero-order valence-corrected chi connectivity index (χ0v) is 8.10. The molecule has 4 heteroatoms. The second-order valence-electron chi connectivity index (χ2n) is 3.01. The molecule has 0 radical (unpaired) electrons. The molecular weight excluding hydrogens is 178 g/mol. The Morgan fingerprint density at radius 3 is 2.67 bits per heavy atom. The first-order chi connectivity index (χ1) is 5.24. The van der Waals surface area contributed by atoms with Crippen LogP contribution in [0, 0.1) is 5.92 Å². The van der Waals surface area contributed by atoms with Gasteiger partial charge in [0.15, 0.2) is 0 Å². The monoisotopic (exact) mass is 193 g/mol. The van der Waals surface area contributed by atoms with Gasteiger partial charge in [-0.15, -0.1) is 12.4 Å². The summed E-state index contributed by atoms with van der Waals surface area (Å²) in [6, 6.07) is 0.0362. The minimum absolute atomic E-state index is 0. The van der Waals surface area contributed by atoms with Gasteiger partial charge in [0.1, 0.15) is 0 Å². The molecule has 0 heterocycles. The Hall–Kier alpha value is -0.280. The Bertz CT molecular complexity index is 148. The number of carbonyl (C=O) groups excluding carboxylic acids is 1. The molecule has 0 bridgehead atoms. The fourth-order valence-electron chi connectivity index (χ4n) is 1.10. The highest BCUT2D eigenvalue weighted by atomic mass is 35.5. The van der Waals surface area contributed by atoms with Gasteiger partial charge in [-0.25, -0.2) is 0 Å². The van der Waals surface area contributed by atoms with Crippen LogP contribution in [0.1, 0.15) is 26.2 Å². The molecule has 1 rings (SSSR count). The first-order valence-electron chi connectivity index (χ1n) is 4.15. The van der Waals surface area contributed by atoms with Gasteiger partial charge in [0.2, 0.25) is 0 Å². The maximum atomic E-state index is 10.9. The minimum Gasteiger partial charge on any atom is -0.466 e. The Morgan fingerprint density at radius 2 is 2.25 bits per heavy atom. The van der Waals surface area contributed by atoms with Crippen LogP contribution >= 0.6 is 12.4 Å². The van der Waals surface area contributed by atoms with Crippen molar-refractivity contribution in [1.82, 2.24) is 0 Å². The van der Waals surface area contributed by atoms with E-state index in [-0.39, 0.29) is 24.4 Å². The summed E-state index contributed by atoms with van der Waals surface area (Å²) in [6.07, 6.45) is 2.75. The molecule has 1 aliphatic rings. The van der Waals surface area contributed by atoms with Gasteiger partial charge in [0, 0.05) is 6.04 Å². The first-order valence-corrected chi connectivity index (χ1v) is 4.15. The van der Waals surface area contributed by atoms with Crippen LogP contribution in [0.4, 0.5) is 0 Å². The number of hydrogen-bond donors (Lipinski definition) is 1. The third-order valence-corrected chi connectivity index (χ3v) is 1.94. The maximum absolute atomic E-state index is 10.9. The van der Waals surface area contributed by atoms with Gasteiger partial charge in [0.25, 0.3) is 0 Å². The molecule has 1 aliphatic carbocycles. The normalized spacial score (nSPS) is 17.8. The second kappa shape index (κ2) is 5.38. The van der Waals surface area contributed by atoms with E-state index in [1.54, 1.807) is 6.92 Å². The quantitative estimate of drug-likeness (QED) is 0.681. The Kier molecular flexibility index (Phi) is 5.25. The number of nitrogens with two attached hydrogens (primary N) is 1. The Balaban J connectivity index is 0.00000121. The van der Waals surface area contributed by atoms with Gasteiger partial charge < -0.3 is 10.5 Å². The fraction of sp³-hybridized carbons (Fsp3) is 0.875. The van der Waals surface area contributed by atoms with Crippen molar-refractivity contribution in [3.63, 3.8) is 0 Å². The van der Waals surface area contributed by atoms with Crippen molar-refractivity contribution in [3.05, 3.63) is 0 Å². The number of rotatable bonds is 4. The van der Waals surface area contributed by atoms with Crippen LogP contribution in [0.2, 0.25) is 0 Å². The standard InChI is InChI=1S/C8H15NO2.ClH/c1-2-11-8(10)5-7(9)6-3-4-6;/h6-7H,2-5,9H2,1H3;1H/t7-;/m0./s1. The van der Waals surface area contributed by atoms with Crippen LogP contribution in [0.25, 0.3) is 0 Å². The Labute approximate surface area is 79.1 Å². The molecule has 2 N–H and O–H groups in total. The average molecular weight is 194 g/mol. The number of carbonyl (C=O) groups is 1. The second-order valence-corrected chi connectivity index (χ2v) is 3.01. The molecule has 1 fully saturated rings. The molecule has 1 saturated carbocycles. The summed E-state index contributed by atoms with van der Waals surface area (Å²) < 4.78 is 4.77. The van der Waals surface area contributed by atoms with Crippen LogP contribution in [0.15, 0.2) is 0 Å². The largest absolute Gasteiger partial charge is 0.466 e. The molecule has 12 heavy (non-hydrogen) atoms. The lowest BCUT2D eigenvalue weighted by atomic mass is 10.1. The highest BCUT2D eigenvalue weighted by Crippen LogP contribution is 2.32. The highest BCUT2D eigenvalue weighted by Gasteiger charge is 2.29. The van der Waals surface area contributed by atoms with Gasteiger partial charge in [0.05, 0.1) is 13.0 Å². The smallest absolute Gasteiger partial charge is 0.307 e. The zero-order valence-electron chi connectivity index (χ0n) is 7.29. The van der Waals surface area contributed by atoms with E-state index in [2.05, 4.69) is 0 Å². The van der Waals surface area contributed by atoms with Gasteiger partial charge in [-0.1, -0.05) is 0 Å². The third-order valence-electron chi connectivity index (χ3n) is 1.94. The van der Waals surface area contributed by atoms with Crippen molar-refractivity contribution >= 4 is 18.4 Å². The van der Waals surface area contributed by atoms with Gasteiger partial charge in [-0.3, -0.25) is 4.79 Å². The van der Waals surface area contributed by atoms with E-state index in [9.17, 15) is 4.79 Å². The molecule has 0 spiro atoms. The predicted octanol–water partition coefficient (Wildman–Crippen LogP) is 1.10. The summed E-state index contributed by atoms with van der Waals surface area (Å²) in [5, 5.41) is 0. The summed E-state index contributed by atoms with van der Waals surface area (Å²) in [4.78, 5) is 10.9. The van der Waals surface area contributed by atoms with Crippen LogP contribution in [0.3, 0.4) is 0 Å². The molecule has 3 nitrogen and oxygen atoms in total. The number of hydrogen-bond acceptors (Lipinski definition) is 3. The van der Waals surface area contributed by atoms with Crippen LogP contribution in [0.5, 0.6) is 0 Å². The molecule has 0 unspecified atom stereocenters. The van der Waals surface area contributed by atoms with E-state index in [1.165, 1.54) is 12.8 Å². The van der Waals surface area contributed by atoms with Crippen molar-refractivity contribution in [1.29, 1.82) is 0 Å². The SMILES string of the molecule is CCOC(=O)C[C@H](N)C1CC1.Cl. The topological polar surface area (TPSA) is 52.3 Å². The van der Waals surface area contributed by atoms with E-state index in [0.29, 0.717) is 18.9 Å². The highest BCUT2D eigenvalue weighted by molar-refractivity contribution is 5.85.